The number of benzene rings is 1. The monoisotopic (exact) mass is 235 g/mol. The lowest BCUT2D eigenvalue weighted by molar-refractivity contribution is 0.110. The Morgan fingerprint density at radius 1 is 1.47 bits per heavy atom. The second kappa shape index (κ2) is 6.03. The third-order valence-corrected chi connectivity index (χ3v) is 3.18. The average molecular weight is 235 g/mol. The van der Waals surface area contributed by atoms with E-state index in [9.17, 15) is 0 Å². The molecule has 1 fully saturated rings. The van der Waals surface area contributed by atoms with Crippen molar-refractivity contribution in [2.75, 3.05) is 20.3 Å². The largest absolute Gasteiger partial charge is 0.496 e. The van der Waals surface area contributed by atoms with Gasteiger partial charge in [-0.15, -0.1) is 0 Å². The van der Waals surface area contributed by atoms with Crippen LogP contribution in [0.2, 0.25) is 0 Å². The van der Waals surface area contributed by atoms with Crippen LogP contribution in [0.15, 0.2) is 18.2 Å². The van der Waals surface area contributed by atoms with Gasteiger partial charge in [-0.05, 0) is 37.0 Å². The van der Waals surface area contributed by atoms with E-state index in [0.29, 0.717) is 6.10 Å². The van der Waals surface area contributed by atoms with Crippen LogP contribution in [-0.4, -0.2) is 26.4 Å². The highest BCUT2D eigenvalue weighted by Crippen LogP contribution is 2.18. The molecule has 0 aromatic heterocycles. The fourth-order valence-electron chi connectivity index (χ4n) is 2.23. The molecule has 1 saturated heterocycles. The number of aryl methyl sites for hydroxylation is 1. The number of rotatable bonds is 5. The molecule has 0 amide bonds. The number of ether oxygens (including phenoxy) is 2. The van der Waals surface area contributed by atoms with Gasteiger partial charge in [0.1, 0.15) is 5.75 Å². The van der Waals surface area contributed by atoms with Crippen molar-refractivity contribution in [2.45, 2.75) is 32.4 Å². The van der Waals surface area contributed by atoms with Crippen molar-refractivity contribution in [3.8, 4) is 5.75 Å². The number of hydrogen-bond donors (Lipinski definition) is 1. The Bertz CT molecular complexity index is 359. The quantitative estimate of drug-likeness (QED) is 0.849. The van der Waals surface area contributed by atoms with Gasteiger partial charge < -0.3 is 14.8 Å². The zero-order valence-electron chi connectivity index (χ0n) is 10.7. The van der Waals surface area contributed by atoms with E-state index in [0.717, 1.165) is 25.4 Å². The van der Waals surface area contributed by atoms with E-state index in [1.165, 1.54) is 24.0 Å². The Balaban J connectivity index is 1.80. The van der Waals surface area contributed by atoms with Gasteiger partial charge in [0.15, 0.2) is 0 Å². The molecule has 0 radical (unpaired) electrons. The first-order valence-electron chi connectivity index (χ1n) is 6.25. The van der Waals surface area contributed by atoms with Crippen LogP contribution in [0, 0.1) is 6.92 Å². The first kappa shape index (κ1) is 12.4. The van der Waals surface area contributed by atoms with Gasteiger partial charge in [0.2, 0.25) is 0 Å². The molecular formula is C14H21NO2. The third kappa shape index (κ3) is 3.45. The van der Waals surface area contributed by atoms with Gasteiger partial charge in [-0.2, -0.15) is 0 Å². The maximum absolute atomic E-state index is 5.57. The van der Waals surface area contributed by atoms with E-state index in [2.05, 4.69) is 24.4 Å². The molecule has 1 aromatic carbocycles. The van der Waals surface area contributed by atoms with Crippen LogP contribution >= 0.6 is 0 Å². The summed E-state index contributed by atoms with van der Waals surface area (Å²) in [6.07, 6.45) is 2.80. The highest BCUT2D eigenvalue weighted by molar-refractivity contribution is 5.36. The molecule has 0 bridgehead atoms. The van der Waals surface area contributed by atoms with Crippen molar-refractivity contribution in [2.24, 2.45) is 0 Å². The summed E-state index contributed by atoms with van der Waals surface area (Å²) in [5, 5.41) is 3.44. The first-order chi connectivity index (χ1) is 8.29. The lowest BCUT2D eigenvalue weighted by Crippen LogP contribution is -2.25. The predicted octanol–water partition coefficient (Wildman–Crippen LogP) is 2.27. The van der Waals surface area contributed by atoms with Crippen molar-refractivity contribution in [3.05, 3.63) is 29.3 Å². The fraction of sp³-hybridized carbons (Fsp3) is 0.571. The molecule has 2 rings (SSSR count). The van der Waals surface area contributed by atoms with Crippen molar-refractivity contribution >= 4 is 0 Å². The minimum Gasteiger partial charge on any atom is -0.496 e. The Morgan fingerprint density at radius 2 is 2.35 bits per heavy atom. The summed E-state index contributed by atoms with van der Waals surface area (Å²) in [6, 6.07) is 6.30. The van der Waals surface area contributed by atoms with Crippen LogP contribution in [0.4, 0.5) is 0 Å². The van der Waals surface area contributed by atoms with E-state index in [1.54, 1.807) is 7.11 Å². The number of hydrogen-bond acceptors (Lipinski definition) is 3. The number of nitrogens with one attached hydrogen (secondary N) is 1. The van der Waals surface area contributed by atoms with Crippen LogP contribution in [0.25, 0.3) is 0 Å². The van der Waals surface area contributed by atoms with Gasteiger partial charge in [0, 0.05) is 19.7 Å². The minimum absolute atomic E-state index is 0.411. The van der Waals surface area contributed by atoms with Crippen LogP contribution in [-0.2, 0) is 11.3 Å². The lowest BCUT2D eigenvalue weighted by Gasteiger charge is -2.12. The van der Waals surface area contributed by atoms with Gasteiger partial charge in [-0.25, -0.2) is 0 Å². The Labute approximate surface area is 103 Å². The molecule has 1 unspecified atom stereocenters. The molecule has 17 heavy (non-hydrogen) atoms. The maximum Gasteiger partial charge on any atom is 0.121 e. The van der Waals surface area contributed by atoms with Crippen LogP contribution in [0.3, 0.4) is 0 Å². The van der Waals surface area contributed by atoms with Crippen LogP contribution in [0.1, 0.15) is 24.0 Å². The van der Waals surface area contributed by atoms with Crippen LogP contribution < -0.4 is 10.1 Å². The van der Waals surface area contributed by atoms with Gasteiger partial charge in [-0.1, -0.05) is 12.1 Å². The molecule has 1 atom stereocenters. The molecule has 0 aliphatic carbocycles. The zero-order chi connectivity index (χ0) is 12.1. The normalized spacial score (nSPS) is 19.5. The number of methoxy groups -OCH3 is 1. The molecule has 1 aliphatic heterocycles. The topological polar surface area (TPSA) is 30.5 Å². The van der Waals surface area contributed by atoms with E-state index < -0.39 is 0 Å². The minimum atomic E-state index is 0.411. The Kier molecular flexibility index (Phi) is 4.40. The van der Waals surface area contributed by atoms with Crippen molar-refractivity contribution in [1.29, 1.82) is 0 Å². The van der Waals surface area contributed by atoms with E-state index >= 15 is 0 Å². The standard InChI is InChI=1S/C14H21NO2/c1-11-8-12(5-6-14(11)16-2)9-15-10-13-4-3-7-17-13/h5-6,8,13,15H,3-4,7,9-10H2,1-2H3. The molecule has 1 aliphatic rings. The molecule has 3 heteroatoms. The smallest absolute Gasteiger partial charge is 0.121 e. The molecule has 1 aromatic rings. The van der Waals surface area contributed by atoms with Gasteiger partial charge in [-0.3, -0.25) is 0 Å². The second-order valence-corrected chi connectivity index (χ2v) is 4.57. The van der Waals surface area contributed by atoms with Crippen molar-refractivity contribution in [1.82, 2.24) is 5.32 Å². The first-order valence-corrected chi connectivity index (χ1v) is 6.25. The predicted molar refractivity (Wildman–Crippen MR) is 68.4 cm³/mol. The van der Waals surface area contributed by atoms with Crippen molar-refractivity contribution in [3.63, 3.8) is 0 Å². The van der Waals surface area contributed by atoms with Crippen molar-refractivity contribution < 1.29 is 9.47 Å². The molecule has 94 valence electrons. The molecule has 0 saturated carbocycles. The average Bonchev–Trinajstić information content (AvgIpc) is 2.82. The van der Waals surface area contributed by atoms with Gasteiger partial charge in [0.25, 0.3) is 0 Å². The summed E-state index contributed by atoms with van der Waals surface area (Å²) in [7, 11) is 1.71. The van der Waals surface area contributed by atoms with E-state index in [-0.39, 0.29) is 0 Å². The maximum atomic E-state index is 5.57. The summed E-state index contributed by atoms with van der Waals surface area (Å²) >= 11 is 0. The molecule has 1 heterocycles. The van der Waals surface area contributed by atoms with E-state index in [1.807, 2.05) is 6.07 Å². The molecule has 3 nitrogen and oxygen atoms in total. The fourth-order valence-corrected chi connectivity index (χ4v) is 2.23. The summed E-state index contributed by atoms with van der Waals surface area (Å²) < 4.78 is 10.8. The second-order valence-electron chi connectivity index (χ2n) is 4.57. The third-order valence-electron chi connectivity index (χ3n) is 3.18. The summed E-state index contributed by atoms with van der Waals surface area (Å²) in [5.74, 6) is 0.952. The highest BCUT2D eigenvalue weighted by atomic mass is 16.5. The summed E-state index contributed by atoms with van der Waals surface area (Å²) in [4.78, 5) is 0. The Hall–Kier alpha value is -1.06. The summed E-state index contributed by atoms with van der Waals surface area (Å²) in [6.45, 7) is 4.84. The van der Waals surface area contributed by atoms with Gasteiger partial charge >= 0.3 is 0 Å². The SMILES string of the molecule is COc1ccc(CNCC2CCCO2)cc1C. The molecule has 1 N–H and O–H groups in total. The Morgan fingerprint density at radius 3 is 3.00 bits per heavy atom. The zero-order valence-corrected chi connectivity index (χ0v) is 10.7. The molecular weight excluding hydrogens is 214 g/mol. The van der Waals surface area contributed by atoms with Gasteiger partial charge in [0.05, 0.1) is 13.2 Å². The highest BCUT2D eigenvalue weighted by Gasteiger charge is 2.14. The summed E-state index contributed by atoms with van der Waals surface area (Å²) in [5.41, 5.74) is 2.48. The van der Waals surface area contributed by atoms with E-state index in [4.69, 9.17) is 9.47 Å². The van der Waals surface area contributed by atoms with Crippen LogP contribution in [0.5, 0.6) is 5.75 Å². The molecule has 0 spiro atoms. The lowest BCUT2D eigenvalue weighted by atomic mass is 10.1.